The summed E-state index contributed by atoms with van der Waals surface area (Å²) in [6, 6.07) is 11.1. The molecule has 88 valence electrons. The van der Waals surface area contributed by atoms with Gasteiger partial charge in [0.1, 0.15) is 0 Å². The Morgan fingerprint density at radius 3 is 2.81 bits per heavy atom. The van der Waals surface area contributed by atoms with E-state index in [1.54, 1.807) is 0 Å². The smallest absolute Gasteiger partial charge is 0.0185 e. The quantitative estimate of drug-likeness (QED) is 0.792. The van der Waals surface area contributed by atoms with E-state index in [1.807, 2.05) is 11.8 Å². The van der Waals surface area contributed by atoms with E-state index in [2.05, 4.69) is 35.2 Å². The second-order valence-corrected chi connectivity index (χ2v) is 5.49. The molecule has 0 amide bonds. The van der Waals surface area contributed by atoms with Crippen LogP contribution in [0.25, 0.3) is 0 Å². The van der Waals surface area contributed by atoms with Crippen LogP contribution in [-0.2, 0) is 5.75 Å². The van der Waals surface area contributed by atoms with Crippen molar-refractivity contribution in [2.75, 3.05) is 25.4 Å². The van der Waals surface area contributed by atoms with Gasteiger partial charge in [-0.1, -0.05) is 30.3 Å². The molecular formula is C13H20N2S. The molecule has 0 bridgehead atoms. The lowest BCUT2D eigenvalue weighted by molar-refractivity contribution is 0.357. The van der Waals surface area contributed by atoms with Crippen molar-refractivity contribution in [2.45, 2.75) is 18.2 Å². The predicted molar refractivity (Wildman–Crippen MR) is 71.6 cm³/mol. The molecule has 1 atom stereocenters. The van der Waals surface area contributed by atoms with E-state index in [9.17, 15) is 0 Å². The van der Waals surface area contributed by atoms with Crippen LogP contribution in [0.3, 0.4) is 0 Å². The Kier molecular flexibility index (Phi) is 4.69. The van der Waals surface area contributed by atoms with Gasteiger partial charge in [0.15, 0.2) is 0 Å². The van der Waals surface area contributed by atoms with E-state index in [1.165, 1.54) is 30.8 Å². The largest absolute Gasteiger partial charge is 0.326 e. The summed E-state index contributed by atoms with van der Waals surface area (Å²) in [5.41, 5.74) is 7.29. The highest BCUT2D eigenvalue weighted by Crippen LogP contribution is 2.13. The zero-order valence-electron chi connectivity index (χ0n) is 9.64. The van der Waals surface area contributed by atoms with Gasteiger partial charge in [-0.15, -0.1) is 0 Å². The molecule has 0 saturated carbocycles. The molecule has 3 heteroatoms. The number of likely N-dealkylation sites (tertiary alicyclic amines) is 1. The maximum Gasteiger partial charge on any atom is 0.0185 e. The standard InChI is InChI=1S/C13H20N2S/c14-13-6-7-15(10-13)8-9-16-11-12-4-2-1-3-5-12/h1-5,13H,6-11,14H2/t13-/m1/s1. The highest BCUT2D eigenvalue weighted by atomic mass is 32.2. The number of benzene rings is 1. The Bertz CT molecular complexity index is 302. The lowest BCUT2D eigenvalue weighted by atomic mass is 10.2. The second-order valence-electron chi connectivity index (χ2n) is 4.39. The first-order chi connectivity index (χ1) is 7.84. The maximum absolute atomic E-state index is 5.87. The Morgan fingerprint density at radius 1 is 1.31 bits per heavy atom. The van der Waals surface area contributed by atoms with Crippen LogP contribution < -0.4 is 5.73 Å². The van der Waals surface area contributed by atoms with E-state index in [4.69, 9.17) is 5.73 Å². The van der Waals surface area contributed by atoms with Crippen molar-refractivity contribution in [3.63, 3.8) is 0 Å². The van der Waals surface area contributed by atoms with Gasteiger partial charge in [-0.05, 0) is 18.5 Å². The summed E-state index contributed by atoms with van der Waals surface area (Å²) in [5.74, 6) is 2.34. The Balaban J connectivity index is 1.59. The third-order valence-electron chi connectivity index (χ3n) is 2.97. The summed E-state index contributed by atoms with van der Waals surface area (Å²) >= 11 is 2.01. The van der Waals surface area contributed by atoms with Crippen molar-refractivity contribution in [3.05, 3.63) is 35.9 Å². The SMILES string of the molecule is N[C@@H]1CCN(CCSCc2ccccc2)C1. The van der Waals surface area contributed by atoms with E-state index in [-0.39, 0.29) is 0 Å². The first-order valence-corrected chi connectivity index (χ1v) is 7.09. The fraction of sp³-hybridized carbons (Fsp3) is 0.538. The molecule has 0 aliphatic carbocycles. The molecule has 0 spiro atoms. The molecule has 1 aliphatic rings. The van der Waals surface area contributed by atoms with Gasteiger partial charge in [-0.3, -0.25) is 0 Å². The van der Waals surface area contributed by atoms with Crippen LogP contribution in [0.15, 0.2) is 30.3 Å². The van der Waals surface area contributed by atoms with Crippen molar-refractivity contribution >= 4 is 11.8 Å². The van der Waals surface area contributed by atoms with Crippen molar-refractivity contribution < 1.29 is 0 Å². The Labute approximate surface area is 102 Å². The van der Waals surface area contributed by atoms with Crippen LogP contribution in [-0.4, -0.2) is 36.3 Å². The molecule has 1 aromatic rings. The molecule has 1 fully saturated rings. The molecule has 0 aromatic heterocycles. The lowest BCUT2D eigenvalue weighted by Gasteiger charge is -2.14. The number of nitrogens with zero attached hydrogens (tertiary/aromatic N) is 1. The Hall–Kier alpha value is -0.510. The van der Waals surface area contributed by atoms with Gasteiger partial charge in [0.05, 0.1) is 0 Å². The normalized spacial score (nSPS) is 21.4. The van der Waals surface area contributed by atoms with Gasteiger partial charge < -0.3 is 10.6 Å². The van der Waals surface area contributed by atoms with E-state index < -0.39 is 0 Å². The first kappa shape index (κ1) is 12.0. The first-order valence-electron chi connectivity index (χ1n) is 5.94. The molecule has 2 nitrogen and oxygen atoms in total. The van der Waals surface area contributed by atoms with Gasteiger partial charge in [0.25, 0.3) is 0 Å². The topological polar surface area (TPSA) is 29.3 Å². The van der Waals surface area contributed by atoms with Crippen molar-refractivity contribution in [3.8, 4) is 0 Å². The summed E-state index contributed by atoms with van der Waals surface area (Å²) in [5, 5.41) is 0. The molecule has 0 radical (unpaired) electrons. The lowest BCUT2D eigenvalue weighted by Crippen LogP contribution is -2.28. The number of nitrogens with two attached hydrogens (primary N) is 1. The second kappa shape index (κ2) is 6.28. The highest BCUT2D eigenvalue weighted by molar-refractivity contribution is 7.98. The number of hydrogen-bond acceptors (Lipinski definition) is 3. The molecule has 1 heterocycles. The minimum absolute atomic E-state index is 0.416. The number of thioether (sulfide) groups is 1. The highest BCUT2D eigenvalue weighted by Gasteiger charge is 2.17. The summed E-state index contributed by atoms with van der Waals surface area (Å²) < 4.78 is 0. The molecule has 2 N–H and O–H groups in total. The number of hydrogen-bond donors (Lipinski definition) is 1. The van der Waals surface area contributed by atoms with E-state index >= 15 is 0 Å². The minimum atomic E-state index is 0.416. The van der Waals surface area contributed by atoms with Crippen LogP contribution in [0.4, 0.5) is 0 Å². The van der Waals surface area contributed by atoms with E-state index in [0.717, 1.165) is 12.3 Å². The summed E-state index contributed by atoms with van der Waals surface area (Å²) in [6.45, 7) is 3.46. The zero-order chi connectivity index (χ0) is 11.2. The summed E-state index contributed by atoms with van der Waals surface area (Å²) in [6.07, 6.45) is 1.17. The monoisotopic (exact) mass is 236 g/mol. The fourth-order valence-corrected chi connectivity index (χ4v) is 2.98. The average molecular weight is 236 g/mol. The van der Waals surface area contributed by atoms with Gasteiger partial charge in [0.2, 0.25) is 0 Å². The van der Waals surface area contributed by atoms with Crippen LogP contribution in [0.5, 0.6) is 0 Å². The third kappa shape index (κ3) is 3.81. The minimum Gasteiger partial charge on any atom is -0.326 e. The van der Waals surface area contributed by atoms with Gasteiger partial charge >= 0.3 is 0 Å². The molecule has 1 aromatic carbocycles. The van der Waals surface area contributed by atoms with E-state index in [0.29, 0.717) is 6.04 Å². The van der Waals surface area contributed by atoms with Crippen LogP contribution in [0.2, 0.25) is 0 Å². The summed E-state index contributed by atoms with van der Waals surface area (Å²) in [4.78, 5) is 2.47. The van der Waals surface area contributed by atoms with Crippen LogP contribution >= 0.6 is 11.8 Å². The van der Waals surface area contributed by atoms with Crippen molar-refractivity contribution in [2.24, 2.45) is 5.73 Å². The molecule has 1 aliphatic heterocycles. The molecule has 16 heavy (non-hydrogen) atoms. The summed E-state index contributed by atoms with van der Waals surface area (Å²) in [7, 11) is 0. The van der Waals surface area contributed by atoms with Crippen molar-refractivity contribution in [1.82, 2.24) is 4.90 Å². The van der Waals surface area contributed by atoms with Crippen LogP contribution in [0.1, 0.15) is 12.0 Å². The maximum atomic E-state index is 5.87. The predicted octanol–water partition coefficient (Wildman–Crippen LogP) is 1.95. The zero-order valence-corrected chi connectivity index (χ0v) is 10.5. The molecule has 0 unspecified atom stereocenters. The Morgan fingerprint density at radius 2 is 2.12 bits per heavy atom. The van der Waals surface area contributed by atoms with Gasteiger partial charge in [-0.25, -0.2) is 0 Å². The van der Waals surface area contributed by atoms with Crippen LogP contribution in [0, 0.1) is 0 Å². The van der Waals surface area contributed by atoms with Crippen molar-refractivity contribution in [1.29, 1.82) is 0 Å². The fourth-order valence-electron chi connectivity index (χ4n) is 2.02. The number of rotatable bonds is 5. The molecule has 2 rings (SSSR count). The third-order valence-corrected chi connectivity index (χ3v) is 3.98. The van der Waals surface area contributed by atoms with Gasteiger partial charge in [0, 0.05) is 30.6 Å². The average Bonchev–Trinajstić information content (AvgIpc) is 2.72. The van der Waals surface area contributed by atoms with Gasteiger partial charge in [-0.2, -0.15) is 11.8 Å². The molecule has 1 saturated heterocycles. The molecular weight excluding hydrogens is 216 g/mol.